The van der Waals surface area contributed by atoms with Crippen molar-refractivity contribution in [1.82, 2.24) is 5.32 Å². The van der Waals surface area contributed by atoms with Crippen molar-refractivity contribution in [3.05, 3.63) is 54.1 Å². The second kappa shape index (κ2) is 7.04. The molecule has 3 rings (SSSR count). The minimum atomic E-state index is -0.714. The molecule has 1 aliphatic rings. The first kappa shape index (κ1) is 15.9. The molecule has 24 heavy (non-hydrogen) atoms. The number of carbonyl (C=O) groups excluding carboxylic acids is 2. The van der Waals surface area contributed by atoms with Crippen molar-refractivity contribution < 1.29 is 19.1 Å². The van der Waals surface area contributed by atoms with Crippen LogP contribution >= 0.6 is 0 Å². The minimum absolute atomic E-state index is 0.119. The van der Waals surface area contributed by atoms with E-state index in [0.29, 0.717) is 23.7 Å². The zero-order valence-corrected chi connectivity index (χ0v) is 13.2. The molecule has 0 aliphatic carbocycles. The van der Waals surface area contributed by atoms with Gasteiger partial charge in [0, 0.05) is 18.3 Å². The fraction of sp³-hybridized carbons (Fsp3) is 0.222. The summed E-state index contributed by atoms with van der Waals surface area (Å²) in [5.41, 5.74) is 1.59. The van der Waals surface area contributed by atoms with Gasteiger partial charge in [0.1, 0.15) is 0 Å². The van der Waals surface area contributed by atoms with Crippen LogP contribution < -0.4 is 20.1 Å². The monoisotopic (exact) mass is 326 g/mol. The van der Waals surface area contributed by atoms with Crippen LogP contribution in [0.2, 0.25) is 0 Å². The van der Waals surface area contributed by atoms with Gasteiger partial charge in [0.05, 0.1) is 0 Å². The second-order valence-corrected chi connectivity index (χ2v) is 5.54. The van der Waals surface area contributed by atoms with E-state index in [1.807, 2.05) is 37.3 Å². The van der Waals surface area contributed by atoms with Gasteiger partial charge in [0.25, 0.3) is 0 Å². The highest BCUT2D eigenvalue weighted by Gasteiger charge is 2.18. The summed E-state index contributed by atoms with van der Waals surface area (Å²) in [6.07, 6.45) is 0. The van der Waals surface area contributed by atoms with Crippen LogP contribution in [0.4, 0.5) is 5.69 Å². The molecule has 2 N–H and O–H groups in total. The van der Waals surface area contributed by atoms with Crippen molar-refractivity contribution in [3.63, 3.8) is 0 Å². The Morgan fingerprint density at radius 2 is 1.79 bits per heavy atom. The van der Waals surface area contributed by atoms with Crippen LogP contribution in [-0.4, -0.2) is 25.2 Å². The number of carbonyl (C=O) groups is 2. The van der Waals surface area contributed by atoms with Crippen LogP contribution in [0.5, 0.6) is 11.5 Å². The van der Waals surface area contributed by atoms with Gasteiger partial charge in [-0.15, -0.1) is 0 Å². The summed E-state index contributed by atoms with van der Waals surface area (Å²) in [5.74, 6) is -0.0990. The van der Waals surface area contributed by atoms with Crippen LogP contribution in [0, 0.1) is 0 Å². The van der Waals surface area contributed by atoms with E-state index in [1.165, 1.54) is 0 Å². The third-order valence-corrected chi connectivity index (χ3v) is 3.77. The minimum Gasteiger partial charge on any atom is -0.454 e. The van der Waals surface area contributed by atoms with Crippen LogP contribution in [0.1, 0.15) is 18.4 Å². The van der Waals surface area contributed by atoms with Crippen molar-refractivity contribution >= 4 is 17.5 Å². The van der Waals surface area contributed by atoms with E-state index in [2.05, 4.69) is 10.6 Å². The maximum atomic E-state index is 12.0. The highest BCUT2D eigenvalue weighted by Crippen LogP contribution is 2.34. The lowest BCUT2D eigenvalue weighted by molar-refractivity contribution is -0.136. The summed E-state index contributed by atoms with van der Waals surface area (Å²) in [6, 6.07) is 14.8. The van der Waals surface area contributed by atoms with Crippen molar-refractivity contribution in [2.45, 2.75) is 12.8 Å². The third kappa shape index (κ3) is 3.65. The summed E-state index contributed by atoms with van der Waals surface area (Å²) >= 11 is 0. The van der Waals surface area contributed by atoms with Gasteiger partial charge in [-0.1, -0.05) is 37.3 Å². The summed E-state index contributed by atoms with van der Waals surface area (Å²) in [7, 11) is 0. The molecular formula is C18H18N2O4. The Morgan fingerprint density at radius 1 is 1.04 bits per heavy atom. The molecule has 124 valence electrons. The highest BCUT2D eigenvalue weighted by molar-refractivity contribution is 6.39. The summed E-state index contributed by atoms with van der Waals surface area (Å²) < 4.78 is 10.4. The van der Waals surface area contributed by atoms with Gasteiger partial charge in [-0.2, -0.15) is 0 Å². The first-order valence-electron chi connectivity index (χ1n) is 7.67. The molecule has 0 bridgehead atoms. The molecule has 1 heterocycles. The summed E-state index contributed by atoms with van der Waals surface area (Å²) in [5, 5.41) is 5.19. The smallest absolute Gasteiger partial charge is 0.313 e. The fourth-order valence-electron chi connectivity index (χ4n) is 2.39. The number of hydrogen-bond acceptors (Lipinski definition) is 4. The predicted molar refractivity (Wildman–Crippen MR) is 89.1 cm³/mol. The number of benzene rings is 2. The first-order valence-corrected chi connectivity index (χ1v) is 7.67. The Labute approximate surface area is 139 Å². The summed E-state index contributed by atoms with van der Waals surface area (Å²) in [4.78, 5) is 23.9. The maximum absolute atomic E-state index is 12.0. The Morgan fingerprint density at radius 3 is 2.58 bits per heavy atom. The lowest BCUT2D eigenvalue weighted by atomic mass is 10.0. The average Bonchev–Trinajstić information content (AvgIpc) is 3.07. The molecule has 2 aromatic carbocycles. The van der Waals surface area contributed by atoms with Crippen LogP contribution in [0.3, 0.4) is 0 Å². The molecule has 1 atom stereocenters. The molecule has 0 unspecified atom stereocenters. The van der Waals surface area contributed by atoms with Gasteiger partial charge < -0.3 is 20.1 Å². The zero-order chi connectivity index (χ0) is 16.9. The van der Waals surface area contributed by atoms with Gasteiger partial charge in [-0.25, -0.2) is 0 Å². The molecule has 0 spiro atoms. The number of nitrogens with one attached hydrogen (secondary N) is 2. The standard InChI is InChI=1S/C18H18N2O4/c1-12(13-5-3-2-4-6-13)10-19-17(21)18(22)20-14-7-8-15-16(9-14)24-11-23-15/h2-9,12H,10-11H2,1H3,(H,19,21)(H,20,22)/t12-/m0/s1. The van der Waals surface area contributed by atoms with Gasteiger partial charge in [0.15, 0.2) is 11.5 Å². The van der Waals surface area contributed by atoms with Crippen molar-refractivity contribution in [1.29, 1.82) is 0 Å². The number of fused-ring (bicyclic) bond motifs is 1. The summed E-state index contributed by atoms with van der Waals surface area (Å²) in [6.45, 7) is 2.54. The van der Waals surface area contributed by atoms with Crippen molar-refractivity contribution in [3.8, 4) is 11.5 Å². The molecule has 6 nitrogen and oxygen atoms in total. The lowest BCUT2D eigenvalue weighted by Crippen LogP contribution is -2.37. The van der Waals surface area contributed by atoms with E-state index < -0.39 is 11.8 Å². The molecule has 2 aromatic rings. The van der Waals surface area contributed by atoms with Gasteiger partial charge in [-0.3, -0.25) is 9.59 Å². The zero-order valence-electron chi connectivity index (χ0n) is 13.2. The maximum Gasteiger partial charge on any atom is 0.313 e. The van der Waals surface area contributed by atoms with E-state index in [1.54, 1.807) is 18.2 Å². The highest BCUT2D eigenvalue weighted by atomic mass is 16.7. The van der Waals surface area contributed by atoms with Crippen molar-refractivity contribution in [2.24, 2.45) is 0 Å². The molecule has 0 aromatic heterocycles. The molecule has 6 heteroatoms. The van der Waals surface area contributed by atoms with Crippen LogP contribution in [0.25, 0.3) is 0 Å². The third-order valence-electron chi connectivity index (χ3n) is 3.77. The molecule has 0 fully saturated rings. The Hall–Kier alpha value is -3.02. The second-order valence-electron chi connectivity index (χ2n) is 5.54. The van der Waals surface area contributed by atoms with E-state index in [-0.39, 0.29) is 12.7 Å². The molecule has 0 saturated heterocycles. The number of rotatable bonds is 4. The first-order chi connectivity index (χ1) is 11.6. The molecule has 0 radical (unpaired) electrons. The van der Waals surface area contributed by atoms with Crippen molar-refractivity contribution in [2.75, 3.05) is 18.7 Å². The normalized spacial score (nSPS) is 13.2. The van der Waals surface area contributed by atoms with E-state index in [0.717, 1.165) is 5.56 Å². The SMILES string of the molecule is C[C@@H](CNC(=O)C(=O)Nc1ccc2c(c1)OCO2)c1ccccc1. The molecule has 1 aliphatic heterocycles. The Bertz CT molecular complexity index is 746. The van der Waals surface area contributed by atoms with E-state index >= 15 is 0 Å². The van der Waals surface area contributed by atoms with Gasteiger partial charge in [0.2, 0.25) is 6.79 Å². The van der Waals surface area contributed by atoms with Gasteiger partial charge >= 0.3 is 11.8 Å². The van der Waals surface area contributed by atoms with E-state index in [9.17, 15) is 9.59 Å². The molecule has 0 saturated carbocycles. The lowest BCUT2D eigenvalue weighted by Gasteiger charge is -2.13. The predicted octanol–water partition coefficient (Wildman–Crippen LogP) is 2.27. The molecule has 2 amide bonds. The number of anilines is 1. The number of amides is 2. The topological polar surface area (TPSA) is 76.7 Å². The number of ether oxygens (including phenoxy) is 2. The molecular weight excluding hydrogens is 308 g/mol. The largest absolute Gasteiger partial charge is 0.454 e. The van der Waals surface area contributed by atoms with E-state index in [4.69, 9.17) is 9.47 Å². The van der Waals surface area contributed by atoms with Crippen LogP contribution in [-0.2, 0) is 9.59 Å². The van der Waals surface area contributed by atoms with Crippen LogP contribution in [0.15, 0.2) is 48.5 Å². The van der Waals surface area contributed by atoms with Gasteiger partial charge in [-0.05, 0) is 23.6 Å². The fourth-order valence-corrected chi connectivity index (χ4v) is 2.39. The number of hydrogen-bond donors (Lipinski definition) is 2. The quantitative estimate of drug-likeness (QED) is 0.845. The Kier molecular flexibility index (Phi) is 4.65. The Balaban J connectivity index is 1.52. The average molecular weight is 326 g/mol.